The lowest BCUT2D eigenvalue weighted by Gasteiger charge is -2.43. The summed E-state index contributed by atoms with van der Waals surface area (Å²) in [6.45, 7) is 2.95. The molecule has 1 aromatic carbocycles. The van der Waals surface area contributed by atoms with Gasteiger partial charge in [0, 0.05) is 56.7 Å². The smallest absolute Gasteiger partial charge is 0.384 e. The number of fused-ring (bicyclic) bond motifs is 1. The number of carbonyl (C=O) groups is 1. The topological polar surface area (TPSA) is 56.6 Å². The first-order chi connectivity index (χ1) is 15.8. The molecule has 33 heavy (non-hydrogen) atoms. The first kappa shape index (κ1) is 23.9. The Hall–Kier alpha value is -2.27. The second-order valence-corrected chi connectivity index (χ2v) is 10.0. The van der Waals surface area contributed by atoms with Gasteiger partial charge in [0.25, 0.3) is 0 Å². The summed E-state index contributed by atoms with van der Waals surface area (Å²) in [4.78, 5) is 17.0. The Balaban J connectivity index is 1.50. The lowest BCUT2D eigenvalue weighted by molar-refractivity contribution is -0.138. The third-order valence-electron chi connectivity index (χ3n) is 7.90. The molecule has 2 unspecified atom stereocenters. The standard InChI is InChI=1S/C25H32F3N3O2/c1-33-17-24-9-10-30(23(32)11-18-5-3-2-4-6-18)14-20(24)15-31(16-24)21-8-7-19(13-29)22(12-21)25(26,27)28/h7-8,12,18,20H,2-6,9-11,14-17H2,1H3. The van der Waals surface area contributed by atoms with Gasteiger partial charge in [-0.15, -0.1) is 0 Å². The number of alkyl halides is 3. The zero-order valence-corrected chi connectivity index (χ0v) is 19.2. The molecule has 4 rings (SSSR count). The number of hydrogen-bond acceptors (Lipinski definition) is 4. The Morgan fingerprint density at radius 2 is 2.00 bits per heavy atom. The van der Waals surface area contributed by atoms with E-state index in [1.165, 1.54) is 25.3 Å². The predicted octanol–water partition coefficient (Wildman–Crippen LogP) is 4.85. The van der Waals surface area contributed by atoms with Crippen molar-refractivity contribution < 1.29 is 22.7 Å². The van der Waals surface area contributed by atoms with E-state index in [-0.39, 0.29) is 22.8 Å². The van der Waals surface area contributed by atoms with Crippen LogP contribution in [0.25, 0.3) is 0 Å². The van der Waals surface area contributed by atoms with Crippen molar-refractivity contribution in [2.45, 2.75) is 51.1 Å². The minimum Gasteiger partial charge on any atom is -0.384 e. The first-order valence-corrected chi connectivity index (χ1v) is 11.9. The third kappa shape index (κ3) is 4.98. The average molecular weight is 464 g/mol. The first-order valence-electron chi connectivity index (χ1n) is 11.9. The van der Waals surface area contributed by atoms with Crippen molar-refractivity contribution in [3.63, 3.8) is 0 Å². The van der Waals surface area contributed by atoms with Gasteiger partial charge >= 0.3 is 6.18 Å². The van der Waals surface area contributed by atoms with Gasteiger partial charge < -0.3 is 14.5 Å². The van der Waals surface area contributed by atoms with E-state index in [0.29, 0.717) is 50.8 Å². The van der Waals surface area contributed by atoms with E-state index in [2.05, 4.69) is 0 Å². The number of halogens is 3. The normalized spacial score (nSPS) is 26.2. The highest BCUT2D eigenvalue weighted by molar-refractivity contribution is 5.76. The molecule has 3 aliphatic rings. The van der Waals surface area contributed by atoms with Crippen LogP contribution in [-0.2, 0) is 15.7 Å². The summed E-state index contributed by atoms with van der Waals surface area (Å²) in [5, 5.41) is 9.10. The van der Waals surface area contributed by atoms with E-state index < -0.39 is 11.7 Å². The molecule has 2 aliphatic heterocycles. The Bertz CT molecular complexity index is 907. The van der Waals surface area contributed by atoms with Crippen LogP contribution in [0, 0.1) is 28.6 Å². The van der Waals surface area contributed by atoms with Crippen molar-refractivity contribution in [1.82, 2.24) is 4.90 Å². The van der Waals surface area contributed by atoms with Gasteiger partial charge in [-0.05, 0) is 43.4 Å². The SMILES string of the molecule is COCC12CCN(C(=O)CC3CCCCC3)CC1CN(c1ccc(C#N)c(C(F)(F)F)c1)C2. The van der Waals surface area contributed by atoms with Crippen molar-refractivity contribution in [2.24, 2.45) is 17.3 Å². The summed E-state index contributed by atoms with van der Waals surface area (Å²) in [6, 6.07) is 5.58. The zero-order valence-electron chi connectivity index (χ0n) is 19.2. The molecule has 5 nitrogen and oxygen atoms in total. The van der Waals surface area contributed by atoms with Gasteiger partial charge in [0.1, 0.15) is 0 Å². The molecule has 1 aliphatic carbocycles. The van der Waals surface area contributed by atoms with E-state index in [0.717, 1.165) is 25.3 Å². The highest BCUT2D eigenvalue weighted by atomic mass is 19.4. The van der Waals surface area contributed by atoms with E-state index in [4.69, 9.17) is 10.00 Å². The van der Waals surface area contributed by atoms with Crippen molar-refractivity contribution in [3.8, 4) is 6.07 Å². The van der Waals surface area contributed by atoms with Crippen LogP contribution in [0.5, 0.6) is 0 Å². The summed E-state index contributed by atoms with van der Waals surface area (Å²) in [5.74, 6) is 0.826. The highest BCUT2D eigenvalue weighted by Gasteiger charge is 2.50. The van der Waals surface area contributed by atoms with Crippen molar-refractivity contribution in [1.29, 1.82) is 5.26 Å². The van der Waals surface area contributed by atoms with Gasteiger partial charge in [-0.2, -0.15) is 18.4 Å². The van der Waals surface area contributed by atoms with E-state index in [9.17, 15) is 18.0 Å². The van der Waals surface area contributed by atoms with E-state index in [1.54, 1.807) is 19.2 Å². The molecule has 1 aromatic rings. The number of ether oxygens (including phenoxy) is 1. The molecule has 180 valence electrons. The summed E-state index contributed by atoms with van der Waals surface area (Å²) < 4.78 is 46.0. The van der Waals surface area contributed by atoms with E-state index >= 15 is 0 Å². The molecular weight excluding hydrogens is 431 g/mol. The molecule has 3 fully saturated rings. The molecular formula is C25H32F3N3O2. The van der Waals surface area contributed by atoms with Gasteiger partial charge in [-0.25, -0.2) is 0 Å². The molecule has 0 bridgehead atoms. The monoisotopic (exact) mass is 463 g/mol. The second kappa shape index (κ2) is 9.54. The van der Waals surface area contributed by atoms with Gasteiger partial charge in [-0.3, -0.25) is 4.79 Å². The van der Waals surface area contributed by atoms with Crippen molar-refractivity contribution in [2.75, 3.05) is 44.8 Å². The molecule has 2 heterocycles. The molecule has 2 saturated heterocycles. The van der Waals surface area contributed by atoms with Crippen molar-refractivity contribution in [3.05, 3.63) is 29.3 Å². The van der Waals surface area contributed by atoms with Crippen LogP contribution in [0.2, 0.25) is 0 Å². The Labute approximate surface area is 193 Å². The molecule has 8 heteroatoms. The fraction of sp³-hybridized carbons (Fsp3) is 0.680. The molecule has 1 saturated carbocycles. The number of benzene rings is 1. The van der Waals surface area contributed by atoms with Crippen LogP contribution in [-0.4, -0.2) is 50.7 Å². The number of anilines is 1. The molecule has 1 amide bonds. The number of likely N-dealkylation sites (tertiary alicyclic amines) is 1. The van der Waals surface area contributed by atoms with Gasteiger partial charge in [0.05, 0.1) is 23.8 Å². The summed E-state index contributed by atoms with van der Waals surface area (Å²) in [7, 11) is 1.65. The Kier molecular flexibility index (Phi) is 6.90. The zero-order chi connectivity index (χ0) is 23.6. The molecule has 0 radical (unpaired) electrons. The number of nitriles is 1. The lowest BCUT2D eigenvalue weighted by Crippen LogP contribution is -2.51. The minimum atomic E-state index is -4.58. The van der Waals surface area contributed by atoms with Gasteiger partial charge in [0.2, 0.25) is 5.91 Å². The van der Waals surface area contributed by atoms with Crippen LogP contribution in [0.4, 0.5) is 18.9 Å². The summed E-state index contributed by atoms with van der Waals surface area (Å²) in [5.41, 5.74) is -0.995. The maximum atomic E-state index is 13.5. The number of amides is 1. The Morgan fingerprint density at radius 3 is 2.67 bits per heavy atom. The van der Waals surface area contributed by atoms with Crippen LogP contribution >= 0.6 is 0 Å². The number of hydrogen-bond donors (Lipinski definition) is 0. The highest BCUT2D eigenvalue weighted by Crippen LogP contribution is 2.46. The van der Waals surface area contributed by atoms with Crippen molar-refractivity contribution >= 4 is 11.6 Å². The lowest BCUT2D eigenvalue weighted by atomic mass is 9.73. The number of rotatable bonds is 5. The molecule has 0 N–H and O–H groups in total. The second-order valence-electron chi connectivity index (χ2n) is 10.0. The third-order valence-corrected chi connectivity index (χ3v) is 7.90. The fourth-order valence-electron chi connectivity index (χ4n) is 6.06. The predicted molar refractivity (Wildman–Crippen MR) is 119 cm³/mol. The summed E-state index contributed by atoms with van der Waals surface area (Å²) >= 11 is 0. The quantitative estimate of drug-likeness (QED) is 0.627. The largest absolute Gasteiger partial charge is 0.417 e. The van der Waals surface area contributed by atoms with Gasteiger partial charge in [-0.1, -0.05) is 19.3 Å². The number of nitrogens with zero attached hydrogens (tertiary/aromatic N) is 3. The van der Waals surface area contributed by atoms with Crippen LogP contribution in [0.15, 0.2) is 18.2 Å². The maximum Gasteiger partial charge on any atom is 0.417 e. The average Bonchev–Trinajstić information content (AvgIpc) is 3.17. The van der Waals surface area contributed by atoms with Crippen LogP contribution < -0.4 is 4.90 Å². The molecule has 0 aromatic heterocycles. The maximum absolute atomic E-state index is 13.5. The van der Waals surface area contributed by atoms with Gasteiger partial charge in [0.15, 0.2) is 0 Å². The minimum absolute atomic E-state index is 0.131. The van der Waals surface area contributed by atoms with E-state index in [1.807, 2.05) is 9.80 Å². The Morgan fingerprint density at radius 1 is 1.24 bits per heavy atom. The van der Waals surface area contributed by atoms with Crippen LogP contribution in [0.1, 0.15) is 56.1 Å². The summed E-state index contributed by atoms with van der Waals surface area (Å²) in [6.07, 6.45) is 2.74. The molecule has 0 spiro atoms. The molecule has 2 atom stereocenters. The fourth-order valence-corrected chi connectivity index (χ4v) is 6.06. The number of methoxy groups -OCH3 is 1. The van der Waals surface area contributed by atoms with Crippen LogP contribution in [0.3, 0.4) is 0 Å². The number of piperidine rings is 1. The number of carbonyl (C=O) groups excluding carboxylic acids is 1.